The van der Waals surface area contributed by atoms with Crippen molar-refractivity contribution >= 4 is 16.6 Å². The predicted octanol–water partition coefficient (Wildman–Crippen LogP) is 3.29. The Kier molecular flexibility index (Phi) is 3.14. The van der Waals surface area contributed by atoms with Crippen molar-refractivity contribution < 1.29 is 4.39 Å². The average Bonchev–Trinajstić information content (AvgIpc) is 2.85. The molecule has 0 aliphatic carbocycles. The van der Waals surface area contributed by atoms with Gasteiger partial charge in [-0.1, -0.05) is 30.3 Å². The highest BCUT2D eigenvalue weighted by Gasteiger charge is 2.02. The summed E-state index contributed by atoms with van der Waals surface area (Å²) >= 11 is 0. The summed E-state index contributed by atoms with van der Waals surface area (Å²) in [6, 6.07) is 14.7. The Bertz CT molecular complexity index is 690. The molecular formula is C15H14FN3. The smallest absolute Gasteiger partial charge is 0.146 e. The van der Waals surface area contributed by atoms with Crippen LogP contribution in [0, 0.1) is 5.82 Å². The number of hydrogen-bond acceptors (Lipinski definition) is 2. The minimum Gasteiger partial charge on any atom is -0.381 e. The highest BCUT2D eigenvalue weighted by atomic mass is 19.1. The molecule has 1 aromatic heterocycles. The molecule has 0 fully saturated rings. The fraction of sp³-hybridized carbons (Fsp3) is 0.133. The summed E-state index contributed by atoms with van der Waals surface area (Å²) in [6.45, 7) is 1.33. The van der Waals surface area contributed by atoms with Crippen LogP contribution in [0.25, 0.3) is 10.9 Å². The van der Waals surface area contributed by atoms with E-state index >= 15 is 0 Å². The standard InChI is InChI=1S/C15H14FN3/c16-13-6-2-3-7-14(13)17-9-10-19-15-8-4-1-5-12(15)11-18-19/h1-8,11,17H,9-10H2. The maximum atomic E-state index is 13.4. The molecule has 0 atom stereocenters. The van der Waals surface area contributed by atoms with Gasteiger partial charge < -0.3 is 5.32 Å². The summed E-state index contributed by atoms with van der Waals surface area (Å²) in [5.41, 5.74) is 1.62. The summed E-state index contributed by atoms with van der Waals surface area (Å²) in [6.07, 6.45) is 1.85. The van der Waals surface area contributed by atoms with Crippen LogP contribution >= 0.6 is 0 Å². The van der Waals surface area contributed by atoms with Gasteiger partial charge in [0.25, 0.3) is 0 Å². The molecule has 1 N–H and O–H groups in total. The van der Waals surface area contributed by atoms with Gasteiger partial charge in [-0.2, -0.15) is 5.10 Å². The van der Waals surface area contributed by atoms with E-state index in [1.54, 1.807) is 12.1 Å². The molecule has 0 saturated heterocycles. The van der Waals surface area contributed by atoms with E-state index < -0.39 is 0 Å². The number of halogens is 1. The zero-order chi connectivity index (χ0) is 13.1. The van der Waals surface area contributed by atoms with Crippen molar-refractivity contribution in [2.45, 2.75) is 6.54 Å². The average molecular weight is 255 g/mol. The van der Waals surface area contributed by atoms with E-state index in [1.807, 2.05) is 41.2 Å². The van der Waals surface area contributed by atoms with Gasteiger partial charge in [0.1, 0.15) is 5.82 Å². The van der Waals surface area contributed by atoms with Gasteiger partial charge in [-0.15, -0.1) is 0 Å². The second-order valence-electron chi connectivity index (χ2n) is 4.33. The molecule has 2 aromatic carbocycles. The molecule has 0 radical (unpaired) electrons. The predicted molar refractivity (Wildman–Crippen MR) is 74.6 cm³/mol. The minimum absolute atomic E-state index is 0.229. The van der Waals surface area contributed by atoms with Crippen LogP contribution < -0.4 is 5.32 Å². The molecule has 4 heteroatoms. The molecule has 3 nitrogen and oxygen atoms in total. The third-order valence-electron chi connectivity index (χ3n) is 3.06. The van der Waals surface area contributed by atoms with Gasteiger partial charge in [0.05, 0.1) is 23.9 Å². The number of aromatic nitrogens is 2. The lowest BCUT2D eigenvalue weighted by molar-refractivity contribution is 0.623. The number of hydrogen-bond donors (Lipinski definition) is 1. The van der Waals surface area contributed by atoms with Gasteiger partial charge >= 0.3 is 0 Å². The number of fused-ring (bicyclic) bond motifs is 1. The Morgan fingerprint density at radius 3 is 2.74 bits per heavy atom. The molecule has 1 heterocycles. The first-order valence-corrected chi connectivity index (χ1v) is 6.23. The third kappa shape index (κ3) is 2.42. The van der Waals surface area contributed by atoms with Crippen LogP contribution in [0.1, 0.15) is 0 Å². The normalized spacial score (nSPS) is 10.8. The van der Waals surface area contributed by atoms with E-state index in [-0.39, 0.29) is 5.82 Å². The summed E-state index contributed by atoms with van der Waals surface area (Å²) in [7, 11) is 0. The van der Waals surface area contributed by atoms with E-state index in [4.69, 9.17) is 0 Å². The van der Waals surface area contributed by atoms with Crippen LogP contribution in [0.15, 0.2) is 54.7 Å². The van der Waals surface area contributed by atoms with Crippen LogP contribution in [0.5, 0.6) is 0 Å². The van der Waals surface area contributed by atoms with Crippen molar-refractivity contribution in [1.82, 2.24) is 9.78 Å². The molecule has 3 aromatic rings. The highest BCUT2D eigenvalue weighted by Crippen LogP contribution is 2.14. The molecule has 3 rings (SSSR count). The molecule has 0 amide bonds. The largest absolute Gasteiger partial charge is 0.381 e. The zero-order valence-corrected chi connectivity index (χ0v) is 10.4. The molecular weight excluding hydrogens is 241 g/mol. The number of para-hydroxylation sites is 2. The molecule has 0 aliphatic heterocycles. The first-order valence-electron chi connectivity index (χ1n) is 6.23. The minimum atomic E-state index is -0.229. The number of benzene rings is 2. The van der Waals surface area contributed by atoms with E-state index in [9.17, 15) is 4.39 Å². The zero-order valence-electron chi connectivity index (χ0n) is 10.4. The Morgan fingerprint density at radius 1 is 1.05 bits per heavy atom. The molecule has 0 aliphatic rings. The Labute approximate surface area is 110 Å². The van der Waals surface area contributed by atoms with Gasteiger partial charge in [-0.3, -0.25) is 4.68 Å². The van der Waals surface area contributed by atoms with Crippen molar-refractivity contribution in [1.29, 1.82) is 0 Å². The second kappa shape index (κ2) is 5.10. The van der Waals surface area contributed by atoms with Crippen LogP contribution in [-0.4, -0.2) is 16.3 Å². The SMILES string of the molecule is Fc1ccccc1NCCn1ncc2ccccc21. The second-order valence-corrected chi connectivity index (χ2v) is 4.33. The van der Waals surface area contributed by atoms with Crippen molar-refractivity contribution in [3.05, 3.63) is 60.5 Å². The van der Waals surface area contributed by atoms with Gasteiger partial charge in [-0.25, -0.2) is 4.39 Å². The summed E-state index contributed by atoms with van der Waals surface area (Å²) in [5.74, 6) is -0.229. The molecule has 0 bridgehead atoms. The highest BCUT2D eigenvalue weighted by molar-refractivity contribution is 5.78. The lowest BCUT2D eigenvalue weighted by atomic mass is 10.2. The maximum absolute atomic E-state index is 13.4. The quantitative estimate of drug-likeness (QED) is 0.775. The Hall–Kier alpha value is -2.36. The fourth-order valence-corrected chi connectivity index (χ4v) is 2.11. The molecule has 0 spiro atoms. The van der Waals surface area contributed by atoms with Crippen molar-refractivity contribution in [2.75, 3.05) is 11.9 Å². The molecule has 19 heavy (non-hydrogen) atoms. The van der Waals surface area contributed by atoms with E-state index in [0.29, 0.717) is 18.8 Å². The molecule has 0 saturated carbocycles. The lowest BCUT2D eigenvalue weighted by Crippen LogP contribution is -2.12. The van der Waals surface area contributed by atoms with Crippen LogP contribution in [-0.2, 0) is 6.54 Å². The van der Waals surface area contributed by atoms with Crippen molar-refractivity contribution in [3.63, 3.8) is 0 Å². The first kappa shape index (κ1) is 11.7. The van der Waals surface area contributed by atoms with Gasteiger partial charge in [0, 0.05) is 11.9 Å². The number of rotatable bonds is 4. The fourth-order valence-electron chi connectivity index (χ4n) is 2.11. The lowest BCUT2D eigenvalue weighted by Gasteiger charge is -2.08. The molecule has 96 valence electrons. The van der Waals surface area contributed by atoms with Gasteiger partial charge in [-0.05, 0) is 18.2 Å². The summed E-state index contributed by atoms with van der Waals surface area (Å²) in [4.78, 5) is 0. The van der Waals surface area contributed by atoms with E-state index in [1.165, 1.54) is 6.07 Å². The Balaban J connectivity index is 1.68. The third-order valence-corrected chi connectivity index (χ3v) is 3.06. The number of nitrogens with one attached hydrogen (secondary N) is 1. The molecule has 0 unspecified atom stereocenters. The van der Waals surface area contributed by atoms with Crippen LogP contribution in [0.2, 0.25) is 0 Å². The monoisotopic (exact) mass is 255 g/mol. The Morgan fingerprint density at radius 2 is 1.84 bits per heavy atom. The summed E-state index contributed by atoms with van der Waals surface area (Å²) < 4.78 is 15.3. The van der Waals surface area contributed by atoms with Crippen LogP contribution in [0.3, 0.4) is 0 Å². The number of anilines is 1. The van der Waals surface area contributed by atoms with Crippen molar-refractivity contribution in [2.24, 2.45) is 0 Å². The topological polar surface area (TPSA) is 29.9 Å². The van der Waals surface area contributed by atoms with E-state index in [0.717, 1.165) is 10.9 Å². The maximum Gasteiger partial charge on any atom is 0.146 e. The van der Waals surface area contributed by atoms with E-state index in [2.05, 4.69) is 10.4 Å². The van der Waals surface area contributed by atoms with Gasteiger partial charge in [0.2, 0.25) is 0 Å². The summed E-state index contributed by atoms with van der Waals surface area (Å²) in [5, 5.41) is 8.53. The van der Waals surface area contributed by atoms with Crippen molar-refractivity contribution in [3.8, 4) is 0 Å². The van der Waals surface area contributed by atoms with Gasteiger partial charge in [0.15, 0.2) is 0 Å². The van der Waals surface area contributed by atoms with Crippen LogP contribution in [0.4, 0.5) is 10.1 Å². The first-order chi connectivity index (χ1) is 9.34. The number of nitrogens with zero attached hydrogens (tertiary/aromatic N) is 2.